The van der Waals surface area contributed by atoms with E-state index in [-0.39, 0.29) is 17.4 Å². The molecule has 4 heterocycles. The molecule has 2 fully saturated rings. The second kappa shape index (κ2) is 7.59. The predicted octanol–water partition coefficient (Wildman–Crippen LogP) is 3.78. The van der Waals surface area contributed by atoms with Gasteiger partial charge >= 0.3 is 0 Å². The minimum absolute atomic E-state index is 0.0814. The van der Waals surface area contributed by atoms with Crippen LogP contribution < -0.4 is 5.32 Å². The molecule has 32 heavy (non-hydrogen) atoms. The Hall–Kier alpha value is -2.93. The zero-order valence-electron chi connectivity index (χ0n) is 18.4. The van der Waals surface area contributed by atoms with Gasteiger partial charge in [0.25, 0.3) is 5.91 Å². The lowest BCUT2D eigenvalue weighted by atomic mass is 9.59. The Balaban J connectivity index is 1.33. The zero-order chi connectivity index (χ0) is 21.7. The van der Waals surface area contributed by atoms with Crippen molar-refractivity contribution in [2.24, 2.45) is 0 Å². The van der Waals surface area contributed by atoms with Crippen molar-refractivity contribution in [2.45, 2.75) is 63.5 Å². The van der Waals surface area contributed by atoms with E-state index in [2.05, 4.69) is 21.9 Å². The van der Waals surface area contributed by atoms with Gasteiger partial charge in [-0.2, -0.15) is 5.10 Å². The van der Waals surface area contributed by atoms with Gasteiger partial charge in [-0.1, -0.05) is 12.5 Å². The number of rotatable bonds is 5. The monoisotopic (exact) mass is 432 g/mol. The average molecular weight is 433 g/mol. The molecule has 3 aliphatic rings. The summed E-state index contributed by atoms with van der Waals surface area (Å²) in [6.07, 6.45) is 8.30. The van der Waals surface area contributed by atoms with Crippen LogP contribution in [0.2, 0.25) is 0 Å². The number of nitrogens with zero attached hydrogens (tertiary/aromatic N) is 3. The fourth-order valence-electron chi connectivity index (χ4n) is 5.57. The molecule has 1 saturated heterocycles. The number of carbonyl (C=O) groups excluding carboxylic acids is 1. The fraction of sp³-hybridized carbons (Fsp3) is 0.480. The number of amides is 1. The number of ether oxygens (including phenoxy) is 1. The first-order chi connectivity index (χ1) is 15.6. The van der Waals surface area contributed by atoms with E-state index in [9.17, 15) is 4.79 Å². The normalized spacial score (nSPS) is 20.6. The van der Waals surface area contributed by atoms with Crippen LogP contribution in [0.4, 0.5) is 0 Å². The third-order valence-corrected chi connectivity index (χ3v) is 7.39. The molecule has 1 N–H and O–H groups in total. The summed E-state index contributed by atoms with van der Waals surface area (Å²) in [5.74, 6) is 1.08. The second-order valence-electron chi connectivity index (χ2n) is 9.39. The highest BCUT2D eigenvalue weighted by molar-refractivity contribution is 5.93. The lowest BCUT2D eigenvalue weighted by molar-refractivity contribution is 0.0832. The van der Waals surface area contributed by atoms with Gasteiger partial charge in [-0.15, -0.1) is 0 Å². The minimum atomic E-state index is -0.177. The van der Waals surface area contributed by atoms with Crippen LogP contribution in [0.5, 0.6) is 0 Å². The Morgan fingerprint density at radius 2 is 2.22 bits per heavy atom. The van der Waals surface area contributed by atoms with Crippen LogP contribution in [0.15, 0.2) is 34.9 Å². The summed E-state index contributed by atoms with van der Waals surface area (Å²) in [7, 11) is 0. The second-order valence-corrected chi connectivity index (χ2v) is 9.39. The number of nitrogens with one attached hydrogen (secondary N) is 1. The third-order valence-electron chi connectivity index (χ3n) is 7.39. The first kappa shape index (κ1) is 19.7. The van der Waals surface area contributed by atoms with Gasteiger partial charge in [0.15, 0.2) is 5.76 Å². The van der Waals surface area contributed by atoms with Gasteiger partial charge in [0.1, 0.15) is 5.76 Å². The summed E-state index contributed by atoms with van der Waals surface area (Å²) in [5, 5.41) is 7.99. The SMILES string of the molecule is Cc1c2c(nn1Cc1ccccn1)-c1cc(C(=O)NC[C@@H]3CCCO3)oc1CC21CCC1. The zero-order valence-corrected chi connectivity index (χ0v) is 18.4. The number of hydrogen-bond acceptors (Lipinski definition) is 5. The molecule has 3 aromatic heterocycles. The van der Waals surface area contributed by atoms with Crippen LogP contribution >= 0.6 is 0 Å². The van der Waals surface area contributed by atoms with E-state index in [0.717, 1.165) is 61.4 Å². The van der Waals surface area contributed by atoms with Gasteiger partial charge in [-0.3, -0.25) is 14.5 Å². The molecule has 7 nitrogen and oxygen atoms in total. The van der Waals surface area contributed by atoms with Crippen molar-refractivity contribution < 1.29 is 13.9 Å². The first-order valence-electron chi connectivity index (χ1n) is 11.6. The standard InChI is InChI=1S/C25H28N4O3/c1-16-22-23(28-29(16)15-17-6-2-3-10-26-17)19-12-20(24(30)27-14-18-7-4-11-31-18)32-21(19)13-25(22)8-5-9-25/h2-3,6,10,12,18H,4-5,7-9,11,13-15H2,1H3,(H,27,30)/t18-/m0/s1. The first-order valence-corrected chi connectivity index (χ1v) is 11.6. The average Bonchev–Trinajstić information content (AvgIpc) is 3.51. The summed E-state index contributed by atoms with van der Waals surface area (Å²) in [6.45, 7) is 4.10. The quantitative estimate of drug-likeness (QED) is 0.664. The summed E-state index contributed by atoms with van der Waals surface area (Å²) in [6, 6.07) is 7.84. The van der Waals surface area contributed by atoms with Crippen molar-refractivity contribution in [3.05, 3.63) is 58.9 Å². The van der Waals surface area contributed by atoms with Crippen LogP contribution in [0.1, 0.15) is 65.4 Å². The summed E-state index contributed by atoms with van der Waals surface area (Å²) < 4.78 is 13.8. The Bertz CT molecular complexity index is 1150. The molecule has 166 valence electrons. The molecule has 0 aromatic carbocycles. The van der Waals surface area contributed by atoms with Crippen LogP contribution in [-0.4, -0.2) is 39.9 Å². The molecular weight excluding hydrogens is 404 g/mol. The van der Waals surface area contributed by atoms with E-state index in [4.69, 9.17) is 14.3 Å². The molecule has 1 atom stereocenters. The van der Waals surface area contributed by atoms with E-state index in [1.54, 1.807) is 0 Å². The highest BCUT2D eigenvalue weighted by atomic mass is 16.5. The topological polar surface area (TPSA) is 82.2 Å². The molecule has 1 saturated carbocycles. The minimum Gasteiger partial charge on any atom is -0.455 e. The number of fused-ring (bicyclic) bond motifs is 4. The maximum Gasteiger partial charge on any atom is 0.287 e. The predicted molar refractivity (Wildman–Crippen MR) is 119 cm³/mol. The molecule has 0 unspecified atom stereocenters. The van der Waals surface area contributed by atoms with Crippen molar-refractivity contribution in [1.29, 1.82) is 0 Å². The van der Waals surface area contributed by atoms with Gasteiger partial charge in [-0.05, 0) is 50.8 Å². The van der Waals surface area contributed by atoms with E-state index < -0.39 is 0 Å². The summed E-state index contributed by atoms with van der Waals surface area (Å²) in [5.41, 5.74) is 5.53. The van der Waals surface area contributed by atoms with Crippen molar-refractivity contribution in [3.63, 3.8) is 0 Å². The molecule has 1 amide bonds. The van der Waals surface area contributed by atoms with Crippen LogP contribution in [0.25, 0.3) is 11.3 Å². The van der Waals surface area contributed by atoms with Gasteiger partial charge < -0.3 is 14.5 Å². The van der Waals surface area contributed by atoms with E-state index in [0.29, 0.717) is 18.8 Å². The molecule has 0 radical (unpaired) electrons. The maximum atomic E-state index is 12.8. The third kappa shape index (κ3) is 3.18. The van der Waals surface area contributed by atoms with Gasteiger partial charge in [0.05, 0.1) is 24.0 Å². The van der Waals surface area contributed by atoms with Crippen LogP contribution in [0.3, 0.4) is 0 Å². The molecular formula is C25H28N4O3. The Labute approximate surface area is 187 Å². The summed E-state index contributed by atoms with van der Waals surface area (Å²) >= 11 is 0. The number of furan rings is 1. The van der Waals surface area contributed by atoms with E-state index in [1.807, 2.05) is 30.5 Å². The number of hydrogen-bond donors (Lipinski definition) is 1. The number of carbonyl (C=O) groups is 1. The lowest BCUT2D eigenvalue weighted by Crippen LogP contribution is -2.39. The molecule has 2 aliphatic carbocycles. The molecule has 7 heteroatoms. The Morgan fingerprint density at radius 3 is 2.94 bits per heavy atom. The fourth-order valence-corrected chi connectivity index (χ4v) is 5.57. The van der Waals surface area contributed by atoms with Gasteiger partial charge in [-0.25, -0.2) is 0 Å². The van der Waals surface area contributed by atoms with Gasteiger partial charge in [0.2, 0.25) is 0 Å². The Morgan fingerprint density at radius 1 is 1.31 bits per heavy atom. The largest absolute Gasteiger partial charge is 0.455 e. The molecule has 1 aliphatic heterocycles. The van der Waals surface area contributed by atoms with Crippen molar-refractivity contribution in [2.75, 3.05) is 13.2 Å². The maximum absolute atomic E-state index is 12.8. The highest BCUT2D eigenvalue weighted by Gasteiger charge is 2.48. The molecule has 3 aromatic rings. The van der Waals surface area contributed by atoms with E-state index in [1.165, 1.54) is 17.7 Å². The van der Waals surface area contributed by atoms with Crippen molar-refractivity contribution >= 4 is 5.91 Å². The van der Waals surface area contributed by atoms with Gasteiger partial charge in [0, 0.05) is 48.0 Å². The summed E-state index contributed by atoms with van der Waals surface area (Å²) in [4.78, 5) is 17.3. The van der Waals surface area contributed by atoms with Crippen molar-refractivity contribution in [1.82, 2.24) is 20.1 Å². The van der Waals surface area contributed by atoms with Crippen LogP contribution in [-0.2, 0) is 23.1 Å². The molecule has 0 bridgehead atoms. The smallest absolute Gasteiger partial charge is 0.287 e. The molecule has 6 rings (SSSR count). The van der Waals surface area contributed by atoms with E-state index >= 15 is 0 Å². The van der Waals surface area contributed by atoms with Crippen LogP contribution in [0, 0.1) is 6.92 Å². The highest BCUT2D eigenvalue weighted by Crippen LogP contribution is 2.55. The Kier molecular flexibility index (Phi) is 4.68. The number of pyridine rings is 1. The van der Waals surface area contributed by atoms with Crippen molar-refractivity contribution in [3.8, 4) is 11.3 Å². The molecule has 1 spiro atoms. The number of aromatic nitrogens is 3. The lowest BCUT2D eigenvalue weighted by Gasteiger charge is -2.44.